The standard InChI is InChI=1S/C10H19N3O4/c1-4-11-8(14)5-12-10(17)13-7(3)6(2)9(15)16/h6-7H,4-5H2,1-3H3,(H,11,14)(H,15,16)(H2,12,13,17). The summed E-state index contributed by atoms with van der Waals surface area (Å²) < 4.78 is 0. The molecule has 3 amide bonds. The molecule has 0 aromatic rings. The lowest BCUT2D eigenvalue weighted by Gasteiger charge is -2.17. The Morgan fingerprint density at radius 3 is 2.24 bits per heavy atom. The summed E-state index contributed by atoms with van der Waals surface area (Å²) in [6, 6.07) is -1.07. The number of carbonyl (C=O) groups excluding carboxylic acids is 2. The van der Waals surface area contributed by atoms with E-state index in [-0.39, 0.29) is 12.5 Å². The third-order valence-electron chi connectivity index (χ3n) is 2.28. The molecule has 17 heavy (non-hydrogen) atoms. The van der Waals surface area contributed by atoms with Crippen LogP contribution in [-0.2, 0) is 9.59 Å². The lowest BCUT2D eigenvalue weighted by molar-refractivity contribution is -0.141. The molecule has 7 nitrogen and oxygen atoms in total. The van der Waals surface area contributed by atoms with E-state index in [0.717, 1.165) is 0 Å². The minimum absolute atomic E-state index is 0.131. The van der Waals surface area contributed by atoms with Gasteiger partial charge in [0.05, 0.1) is 12.5 Å². The molecule has 0 spiro atoms. The predicted molar refractivity (Wildman–Crippen MR) is 61.5 cm³/mol. The molecular weight excluding hydrogens is 226 g/mol. The van der Waals surface area contributed by atoms with Gasteiger partial charge in [0.2, 0.25) is 5.91 Å². The Hall–Kier alpha value is -1.79. The average Bonchev–Trinajstić information content (AvgIpc) is 2.25. The van der Waals surface area contributed by atoms with Crippen molar-refractivity contribution in [2.24, 2.45) is 5.92 Å². The molecule has 0 rings (SSSR count). The molecule has 98 valence electrons. The largest absolute Gasteiger partial charge is 0.481 e. The maximum atomic E-state index is 11.3. The predicted octanol–water partition coefficient (Wildman–Crippen LogP) is -0.469. The van der Waals surface area contributed by atoms with E-state index in [1.807, 2.05) is 0 Å². The summed E-state index contributed by atoms with van der Waals surface area (Å²) in [5.41, 5.74) is 0. The van der Waals surface area contributed by atoms with Crippen LogP contribution in [0.15, 0.2) is 0 Å². The molecule has 0 bridgehead atoms. The van der Waals surface area contributed by atoms with Crippen molar-refractivity contribution in [3.8, 4) is 0 Å². The second-order valence-corrected chi connectivity index (χ2v) is 3.70. The van der Waals surface area contributed by atoms with E-state index in [1.165, 1.54) is 6.92 Å². The highest BCUT2D eigenvalue weighted by Gasteiger charge is 2.20. The molecule has 0 fully saturated rings. The van der Waals surface area contributed by atoms with E-state index in [1.54, 1.807) is 13.8 Å². The number of amides is 3. The Kier molecular flexibility index (Phi) is 6.69. The van der Waals surface area contributed by atoms with Crippen molar-refractivity contribution in [3.63, 3.8) is 0 Å². The van der Waals surface area contributed by atoms with Gasteiger partial charge in [0.25, 0.3) is 0 Å². The summed E-state index contributed by atoms with van der Waals surface area (Å²) in [5, 5.41) is 16.0. The number of hydrogen-bond acceptors (Lipinski definition) is 3. The number of rotatable bonds is 6. The molecule has 0 saturated carbocycles. The van der Waals surface area contributed by atoms with Crippen LogP contribution < -0.4 is 16.0 Å². The number of likely N-dealkylation sites (N-methyl/N-ethyl adjacent to an activating group) is 1. The molecule has 0 aromatic heterocycles. The lowest BCUT2D eigenvalue weighted by atomic mass is 10.0. The molecule has 0 aliphatic rings. The summed E-state index contributed by atoms with van der Waals surface area (Å²) >= 11 is 0. The quantitative estimate of drug-likeness (QED) is 0.507. The number of urea groups is 1. The van der Waals surface area contributed by atoms with E-state index in [4.69, 9.17) is 5.11 Å². The first kappa shape index (κ1) is 15.2. The van der Waals surface area contributed by atoms with Gasteiger partial charge in [-0.25, -0.2) is 4.79 Å². The van der Waals surface area contributed by atoms with Crippen LogP contribution in [0.2, 0.25) is 0 Å². The van der Waals surface area contributed by atoms with Crippen molar-refractivity contribution < 1.29 is 19.5 Å². The Labute approximate surface area is 100.0 Å². The third-order valence-corrected chi connectivity index (χ3v) is 2.28. The molecule has 0 saturated heterocycles. The van der Waals surface area contributed by atoms with E-state index in [9.17, 15) is 14.4 Å². The van der Waals surface area contributed by atoms with Crippen LogP contribution in [0.1, 0.15) is 20.8 Å². The van der Waals surface area contributed by atoms with Crippen LogP contribution in [0.25, 0.3) is 0 Å². The zero-order valence-corrected chi connectivity index (χ0v) is 10.2. The van der Waals surface area contributed by atoms with Crippen LogP contribution >= 0.6 is 0 Å². The minimum Gasteiger partial charge on any atom is -0.481 e. The van der Waals surface area contributed by atoms with Crippen molar-refractivity contribution in [3.05, 3.63) is 0 Å². The lowest BCUT2D eigenvalue weighted by Crippen LogP contribution is -2.47. The molecule has 0 aliphatic heterocycles. The van der Waals surface area contributed by atoms with E-state index in [2.05, 4.69) is 16.0 Å². The van der Waals surface area contributed by atoms with Gasteiger partial charge in [-0.05, 0) is 20.8 Å². The van der Waals surface area contributed by atoms with E-state index in [0.29, 0.717) is 6.54 Å². The molecule has 7 heteroatoms. The van der Waals surface area contributed by atoms with Gasteiger partial charge in [-0.2, -0.15) is 0 Å². The van der Waals surface area contributed by atoms with Crippen molar-refractivity contribution in [1.29, 1.82) is 0 Å². The van der Waals surface area contributed by atoms with Gasteiger partial charge in [0, 0.05) is 12.6 Å². The fourth-order valence-electron chi connectivity index (χ4n) is 1.02. The van der Waals surface area contributed by atoms with Gasteiger partial charge >= 0.3 is 12.0 Å². The fraction of sp³-hybridized carbons (Fsp3) is 0.700. The van der Waals surface area contributed by atoms with Gasteiger partial charge in [-0.1, -0.05) is 0 Å². The highest BCUT2D eigenvalue weighted by Crippen LogP contribution is 2.01. The van der Waals surface area contributed by atoms with E-state index >= 15 is 0 Å². The number of hydrogen-bond donors (Lipinski definition) is 4. The number of aliphatic carboxylic acids is 1. The first-order chi connectivity index (χ1) is 7.88. The number of carboxylic acid groups (broad SMARTS) is 1. The number of nitrogens with one attached hydrogen (secondary N) is 3. The van der Waals surface area contributed by atoms with E-state index < -0.39 is 24.0 Å². The van der Waals surface area contributed by atoms with Crippen molar-refractivity contribution in [2.45, 2.75) is 26.8 Å². The number of carboxylic acids is 1. The molecule has 0 aliphatic carbocycles. The Bertz CT molecular complexity index is 293. The Balaban J connectivity index is 3.94. The third kappa shape index (κ3) is 6.39. The zero-order valence-electron chi connectivity index (χ0n) is 10.2. The summed E-state index contributed by atoms with van der Waals surface area (Å²) in [6.07, 6.45) is 0. The van der Waals surface area contributed by atoms with Crippen molar-refractivity contribution in [1.82, 2.24) is 16.0 Å². The van der Waals surface area contributed by atoms with Crippen LogP contribution in [0.5, 0.6) is 0 Å². The summed E-state index contributed by atoms with van der Waals surface area (Å²) in [5.74, 6) is -1.96. The first-order valence-electron chi connectivity index (χ1n) is 5.42. The van der Waals surface area contributed by atoms with Gasteiger partial charge in [-0.15, -0.1) is 0 Å². The van der Waals surface area contributed by atoms with Crippen LogP contribution in [0.3, 0.4) is 0 Å². The fourth-order valence-corrected chi connectivity index (χ4v) is 1.02. The molecule has 0 radical (unpaired) electrons. The second-order valence-electron chi connectivity index (χ2n) is 3.70. The highest BCUT2D eigenvalue weighted by atomic mass is 16.4. The SMILES string of the molecule is CCNC(=O)CNC(=O)NC(C)C(C)C(=O)O. The molecule has 2 unspecified atom stereocenters. The molecular formula is C10H19N3O4. The molecule has 2 atom stereocenters. The molecule has 4 N–H and O–H groups in total. The zero-order chi connectivity index (χ0) is 13.4. The van der Waals surface area contributed by atoms with Gasteiger partial charge in [-0.3, -0.25) is 9.59 Å². The summed E-state index contributed by atoms with van der Waals surface area (Å²) in [4.78, 5) is 33.0. The summed E-state index contributed by atoms with van der Waals surface area (Å²) in [6.45, 7) is 5.22. The average molecular weight is 245 g/mol. The maximum absolute atomic E-state index is 11.3. The smallest absolute Gasteiger partial charge is 0.315 e. The Morgan fingerprint density at radius 1 is 1.18 bits per heavy atom. The topological polar surface area (TPSA) is 108 Å². The van der Waals surface area contributed by atoms with Crippen LogP contribution in [-0.4, -0.2) is 42.1 Å². The normalized spacial score (nSPS) is 13.4. The summed E-state index contributed by atoms with van der Waals surface area (Å²) in [7, 11) is 0. The van der Waals surface area contributed by atoms with Gasteiger partial charge in [0.1, 0.15) is 0 Å². The highest BCUT2D eigenvalue weighted by molar-refractivity contribution is 5.84. The Morgan fingerprint density at radius 2 is 1.76 bits per heavy atom. The van der Waals surface area contributed by atoms with Crippen LogP contribution in [0.4, 0.5) is 4.79 Å². The maximum Gasteiger partial charge on any atom is 0.315 e. The monoisotopic (exact) mass is 245 g/mol. The van der Waals surface area contributed by atoms with Gasteiger partial charge in [0.15, 0.2) is 0 Å². The van der Waals surface area contributed by atoms with Crippen molar-refractivity contribution in [2.75, 3.05) is 13.1 Å². The molecule has 0 heterocycles. The van der Waals surface area contributed by atoms with Crippen LogP contribution in [0, 0.1) is 5.92 Å². The van der Waals surface area contributed by atoms with Crippen molar-refractivity contribution >= 4 is 17.9 Å². The number of carbonyl (C=O) groups is 3. The second kappa shape index (κ2) is 7.48. The van der Waals surface area contributed by atoms with Gasteiger partial charge < -0.3 is 21.1 Å². The first-order valence-corrected chi connectivity index (χ1v) is 5.42. The minimum atomic E-state index is -0.985. The molecule has 0 aromatic carbocycles.